The lowest BCUT2D eigenvalue weighted by molar-refractivity contribution is -0.123. The predicted octanol–water partition coefficient (Wildman–Crippen LogP) is 3.34. The Morgan fingerprint density at radius 3 is 2.41 bits per heavy atom. The zero-order valence-electron chi connectivity index (χ0n) is 16.1. The largest absolute Gasteiger partial charge is 0.483 e. The van der Waals surface area contributed by atoms with Gasteiger partial charge in [0.05, 0.1) is 6.61 Å². The fourth-order valence-electron chi connectivity index (χ4n) is 2.80. The number of hydrogen-bond acceptors (Lipinski definition) is 4. The van der Waals surface area contributed by atoms with E-state index in [1.165, 1.54) is 0 Å². The van der Waals surface area contributed by atoms with E-state index in [1.807, 2.05) is 54.6 Å². The van der Waals surface area contributed by atoms with Crippen molar-refractivity contribution in [1.29, 1.82) is 0 Å². The summed E-state index contributed by atoms with van der Waals surface area (Å²) < 4.78 is 10.7. The Labute approximate surface area is 169 Å². The van der Waals surface area contributed by atoms with Crippen LogP contribution in [0.15, 0.2) is 78.9 Å². The zero-order chi connectivity index (χ0) is 20.5. The molecule has 2 N–H and O–H groups in total. The van der Waals surface area contributed by atoms with Gasteiger partial charge in [0.15, 0.2) is 6.61 Å². The molecule has 3 aromatic carbocycles. The number of hydrazine groups is 1. The molecule has 0 radical (unpaired) electrons. The molecule has 6 nitrogen and oxygen atoms in total. The Morgan fingerprint density at radius 2 is 1.62 bits per heavy atom. The highest BCUT2D eigenvalue weighted by molar-refractivity contribution is 5.95. The molecule has 0 saturated heterocycles. The molecule has 0 aliphatic carbocycles. The van der Waals surface area contributed by atoms with Gasteiger partial charge in [-0.2, -0.15) is 0 Å². The minimum absolute atomic E-state index is 0.228. The minimum atomic E-state index is -0.464. The number of nitrogens with one attached hydrogen (secondary N) is 2. The Morgan fingerprint density at radius 1 is 0.862 bits per heavy atom. The van der Waals surface area contributed by atoms with Crippen LogP contribution in [0.4, 0.5) is 0 Å². The number of ether oxygens (including phenoxy) is 2. The second kappa shape index (κ2) is 10.1. The smallest absolute Gasteiger partial charge is 0.276 e. The second-order valence-corrected chi connectivity index (χ2v) is 6.29. The Hall–Kier alpha value is -3.64. The van der Waals surface area contributed by atoms with Gasteiger partial charge in [0.2, 0.25) is 0 Å². The number of benzene rings is 3. The third-order valence-corrected chi connectivity index (χ3v) is 4.15. The van der Waals surface area contributed by atoms with E-state index in [0.29, 0.717) is 17.9 Å². The lowest BCUT2D eigenvalue weighted by atomic mass is 10.1. The zero-order valence-corrected chi connectivity index (χ0v) is 16.1. The van der Waals surface area contributed by atoms with Crippen molar-refractivity contribution in [3.05, 3.63) is 90.0 Å². The second-order valence-electron chi connectivity index (χ2n) is 6.29. The quantitative estimate of drug-likeness (QED) is 0.607. The molecule has 0 aliphatic heterocycles. The van der Waals surface area contributed by atoms with E-state index < -0.39 is 11.8 Å². The molecular formula is C23H22N2O4. The molecule has 0 bridgehead atoms. The van der Waals surface area contributed by atoms with E-state index in [-0.39, 0.29) is 6.61 Å². The van der Waals surface area contributed by atoms with Crippen molar-refractivity contribution in [1.82, 2.24) is 10.9 Å². The normalized spacial score (nSPS) is 10.2. The number of para-hydroxylation sites is 1. The summed E-state index contributed by atoms with van der Waals surface area (Å²) in [6, 6.07) is 24.2. The van der Waals surface area contributed by atoms with Gasteiger partial charge in [-0.05, 0) is 29.3 Å². The van der Waals surface area contributed by atoms with Crippen LogP contribution in [0.1, 0.15) is 15.9 Å². The minimum Gasteiger partial charge on any atom is -0.483 e. The van der Waals surface area contributed by atoms with E-state index in [0.717, 1.165) is 16.7 Å². The maximum atomic E-state index is 12.2. The molecule has 6 heteroatoms. The van der Waals surface area contributed by atoms with Crippen molar-refractivity contribution >= 4 is 11.8 Å². The third-order valence-electron chi connectivity index (χ3n) is 4.15. The summed E-state index contributed by atoms with van der Waals surface area (Å²) in [5.41, 5.74) is 7.93. The molecule has 0 aliphatic rings. The lowest BCUT2D eigenvalue weighted by Gasteiger charge is -2.12. The van der Waals surface area contributed by atoms with Gasteiger partial charge in [0.25, 0.3) is 11.8 Å². The standard InChI is InChI=1S/C23H22N2O4/c1-28-15-17-8-7-11-19(14-17)23(27)25-24-22(26)16-29-21-13-6-5-12-20(21)18-9-3-2-4-10-18/h2-14H,15-16H2,1H3,(H,24,26)(H,25,27). The Kier molecular flexibility index (Phi) is 6.97. The van der Waals surface area contributed by atoms with Gasteiger partial charge in [-0.1, -0.05) is 60.7 Å². The molecule has 0 unspecified atom stereocenters. The first-order valence-corrected chi connectivity index (χ1v) is 9.11. The number of carbonyl (C=O) groups excluding carboxylic acids is 2. The van der Waals surface area contributed by atoms with Crippen molar-refractivity contribution in [2.24, 2.45) is 0 Å². The third kappa shape index (κ3) is 5.67. The first-order chi connectivity index (χ1) is 14.2. The molecule has 2 amide bonds. The topological polar surface area (TPSA) is 76.7 Å². The van der Waals surface area contributed by atoms with Gasteiger partial charge < -0.3 is 9.47 Å². The van der Waals surface area contributed by atoms with Gasteiger partial charge in [-0.25, -0.2) is 0 Å². The van der Waals surface area contributed by atoms with Crippen molar-refractivity contribution in [3.8, 4) is 16.9 Å². The molecule has 3 aromatic rings. The van der Waals surface area contributed by atoms with Crippen LogP contribution in [0.2, 0.25) is 0 Å². The van der Waals surface area contributed by atoms with Crippen LogP contribution < -0.4 is 15.6 Å². The molecule has 29 heavy (non-hydrogen) atoms. The van der Waals surface area contributed by atoms with Gasteiger partial charge in [-0.3, -0.25) is 20.4 Å². The fraction of sp³-hybridized carbons (Fsp3) is 0.130. The number of carbonyl (C=O) groups is 2. The van der Waals surface area contributed by atoms with Crippen LogP contribution in [-0.2, 0) is 16.1 Å². The summed E-state index contributed by atoms with van der Waals surface area (Å²) in [6.45, 7) is 0.177. The van der Waals surface area contributed by atoms with E-state index >= 15 is 0 Å². The van der Waals surface area contributed by atoms with E-state index in [1.54, 1.807) is 31.4 Å². The first-order valence-electron chi connectivity index (χ1n) is 9.11. The predicted molar refractivity (Wildman–Crippen MR) is 110 cm³/mol. The van der Waals surface area contributed by atoms with Crippen LogP contribution in [-0.4, -0.2) is 25.5 Å². The van der Waals surface area contributed by atoms with Gasteiger partial charge in [-0.15, -0.1) is 0 Å². The first kappa shape index (κ1) is 20.1. The molecule has 148 valence electrons. The molecule has 0 heterocycles. The number of amides is 2. The molecule has 0 aromatic heterocycles. The van der Waals surface area contributed by atoms with E-state index in [4.69, 9.17) is 9.47 Å². The van der Waals surface area contributed by atoms with Crippen LogP contribution in [0, 0.1) is 0 Å². The van der Waals surface area contributed by atoms with Gasteiger partial charge in [0.1, 0.15) is 5.75 Å². The van der Waals surface area contributed by atoms with Crippen molar-refractivity contribution in [2.45, 2.75) is 6.61 Å². The van der Waals surface area contributed by atoms with Crippen molar-refractivity contribution in [2.75, 3.05) is 13.7 Å². The molecule has 0 saturated carbocycles. The highest BCUT2D eigenvalue weighted by atomic mass is 16.5. The van der Waals surface area contributed by atoms with Crippen molar-refractivity contribution in [3.63, 3.8) is 0 Å². The summed E-state index contributed by atoms with van der Waals surface area (Å²) in [5, 5.41) is 0. The van der Waals surface area contributed by atoms with Gasteiger partial charge >= 0.3 is 0 Å². The van der Waals surface area contributed by atoms with Crippen LogP contribution in [0.25, 0.3) is 11.1 Å². The summed E-state index contributed by atoms with van der Waals surface area (Å²) in [6.07, 6.45) is 0. The van der Waals surface area contributed by atoms with Gasteiger partial charge in [0, 0.05) is 18.2 Å². The maximum absolute atomic E-state index is 12.2. The van der Waals surface area contributed by atoms with E-state index in [9.17, 15) is 9.59 Å². The van der Waals surface area contributed by atoms with Crippen LogP contribution in [0.3, 0.4) is 0 Å². The summed E-state index contributed by atoms with van der Waals surface area (Å²) >= 11 is 0. The van der Waals surface area contributed by atoms with E-state index in [2.05, 4.69) is 10.9 Å². The summed E-state index contributed by atoms with van der Waals surface area (Å²) in [4.78, 5) is 24.3. The lowest BCUT2D eigenvalue weighted by Crippen LogP contribution is -2.43. The monoisotopic (exact) mass is 390 g/mol. The van der Waals surface area contributed by atoms with Crippen LogP contribution in [0.5, 0.6) is 5.75 Å². The molecular weight excluding hydrogens is 368 g/mol. The number of methoxy groups -OCH3 is 1. The molecule has 0 atom stereocenters. The Bertz CT molecular complexity index is 973. The number of hydrogen-bond donors (Lipinski definition) is 2. The molecule has 3 rings (SSSR count). The van der Waals surface area contributed by atoms with Crippen LogP contribution >= 0.6 is 0 Å². The number of rotatable bonds is 7. The highest BCUT2D eigenvalue weighted by Crippen LogP contribution is 2.29. The fourth-order valence-corrected chi connectivity index (χ4v) is 2.80. The average Bonchev–Trinajstić information content (AvgIpc) is 2.77. The highest BCUT2D eigenvalue weighted by Gasteiger charge is 2.10. The maximum Gasteiger partial charge on any atom is 0.276 e. The summed E-state index contributed by atoms with van der Waals surface area (Å²) in [5.74, 6) is -0.289. The summed E-state index contributed by atoms with van der Waals surface area (Å²) in [7, 11) is 1.59. The SMILES string of the molecule is COCc1cccc(C(=O)NNC(=O)COc2ccccc2-c2ccccc2)c1. The average molecular weight is 390 g/mol. The molecule has 0 spiro atoms. The molecule has 0 fully saturated rings. The van der Waals surface area contributed by atoms with Crippen molar-refractivity contribution < 1.29 is 19.1 Å². The Balaban J connectivity index is 1.55.